The van der Waals surface area contributed by atoms with E-state index in [9.17, 15) is 0 Å². The molecule has 0 fully saturated rings. The van der Waals surface area contributed by atoms with Crippen molar-refractivity contribution in [1.29, 1.82) is 0 Å². The molecule has 0 N–H and O–H groups in total. The Morgan fingerprint density at radius 1 is 0.938 bits per heavy atom. The third-order valence-electron chi connectivity index (χ3n) is 2.98. The minimum Gasteiger partial charge on any atom is -0.158 e. The summed E-state index contributed by atoms with van der Waals surface area (Å²) in [6.45, 7) is 8.77. The van der Waals surface area contributed by atoms with Gasteiger partial charge in [-0.05, 0) is 23.0 Å². The molecule has 0 saturated heterocycles. The molecule has 0 aliphatic rings. The van der Waals surface area contributed by atoms with Gasteiger partial charge in [0.05, 0.1) is 11.7 Å². The van der Waals surface area contributed by atoms with E-state index in [0.717, 1.165) is 5.52 Å². The van der Waals surface area contributed by atoms with E-state index in [4.69, 9.17) is 0 Å². The lowest BCUT2D eigenvalue weighted by Crippen LogP contribution is -1.98. The molecule has 0 bridgehead atoms. The largest absolute Gasteiger partial charge is 0.158 e. The standard InChI is InChI=1S/C14H18N2/c1-9(2)11-6-5-7-12-13(10(3)4)8-15-16-14(11)12/h5-10H,1-4H3. The predicted molar refractivity (Wildman–Crippen MR) is 67.7 cm³/mol. The number of nitrogens with zero attached hydrogens (tertiary/aromatic N) is 2. The summed E-state index contributed by atoms with van der Waals surface area (Å²) in [6, 6.07) is 6.40. The van der Waals surface area contributed by atoms with E-state index >= 15 is 0 Å². The molecule has 2 nitrogen and oxygen atoms in total. The van der Waals surface area contributed by atoms with Gasteiger partial charge in [-0.25, -0.2) is 0 Å². The van der Waals surface area contributed by atoms with Crippen LogP contribution in [0.3, 0.4) is 0 Å². The SMILES string of the molecule is CC(C)c1cnnc2c(C(C)C)cccc12. The first kappa shape index (κ1) is 11.1. The second-order valence-corrected chi connectivity index (χ2v) is 4.85. The zero-order chi connectivity index (χ0) is 11.7. The zero-order valence-corrected chi connectivity index (χ0v) is 10.4. The smallest absolute Gasteiger partial charge is 0.0967 e. The zero-order valence-electron chi connectivity index (χ0n) is 10.4. The number of aromatic nitrogens is 2. The van der Waals surface area contributed by atoms with Crippen molar-refractivity contribution < 1.29 is 0 Å². The van der Waals surface area contributed by atoms with Gasteiger partial charge in [0.15, 0.2) is 0 Å². The van der Waals surface area contributed by atoms with E-state index in [1.54, 1.807) is 0 Å². The fourth-order valence-corrected chi connectivity index (χ4v) is 2.05. The first-order chi connectivity index (χ1) is 7.61. The second-order valence-electron chi connectivity index (χ2n) is 4.85. The van der Waals surface area contributed by atoms with Crippen LogP contribution < -0.4 is 0 Å². The Hall–Kier alpha value is -1.44. The van der Waals surface area contributed by atoms with Gasteiger partial charge in [-0.1, -0.05) is 45.9 Å². The van der Waals surface area contributed by atoms with Gasteiger partial charge in [-0.15, -0.1) is 0 Å². The van der Waals surface area contributed by atoms with Crippen LogP contribution in [0.15, 0.2) is 24.4 Å². The molecule has 1 aromatic heterocycles. The average molecular weight is 214 g/mol. The highest BCUT2D eigenvalue weighted by atomic mass is 15.1. The molecular formula is C14H18N2. The maximum Gasteiger partial charge on any atom is 0.0967 e. The van der Waals surface area contributed by atoms with Crippen molar-refractivity contribution in [3.63, 3.8) is 0 Å². The summed E-state index contributed by atoms with van der Waals surface area (Å²) in [7, 11) is 0. The van der Waals surface area contributed by atoms with Crippen LogP contribution in [0.2, 0.25) is 0 Å². The molecule has 2 heteroatoms. The van der Waals surface area contributed by atoms with Gasteiger partial charge < -0.3 is 0 Å². The predicted octanol–water partition coefficient (Wildman–Crippen LogP) is 3.88. The number of fused-ring (bicyclic) bond motifs is 1. The molecular weight excluding hydrogens is 196 g/mol. The fraction of sp³-hybridized carbons (Fsp3) is 0.429. The summed E-state index contributed by atoms with van der Waals surface area (Å²) >= 11 is 0. The van der Waals surface area contributed by atoms with Crippen LogP contribution in [-0.2, 0) is 0 Å². The van der Waals surface area contributed by atoms with E-state index in [-0.39, 0.29) is 0 Å². The van der Waals surface area contributed by atoms with Gasteiger partial charge in [0.25, 0.3) is 0 Å². The van der Waals surface area contributed by atoms with Crippen molar-refractivity contribution in [3.05, 3.63) is 35.5 Å². The Morgan fingerprint density at radius 3 is 2.25 bits per heavy atom. The summed E-state index contributed by atoms with van der Waals surface area (Å²) in [5.41, 5.74) is 3.63. The number of benzene rings is 1. The van der Waals surface area contributed by atoms with Crippen molar-refractivity contribution >= 4 is 10.9 Å². The Balaban J connectivity index is 2.76. The molecule has 1 aromatic carbocycles. The molecule has 0 saturated carbocycles. The minimum atomic E-state index is 0.486. The molecule has 0 spiro atoms. The Kier molecular flexibility index (Phi) is 2.90. The molecule has 0 atom stereocenters. The summed E-state index contributed by atoms with van der Waals surface area (Å²) in [5, 5.41) is 9.67. The Labute approximate surface area is 96.7 Å². The molecule has 0 aliphatic carbocycles. The third-order valence-corrected chi connectivity index (χ3v) is 2.98. The highest BCUT2D eigenvalue weighted by Gasteiger charge is 2.11. The minimum absolute atomic E-state index is 0.486. The van der Waals surface area contributed by atoms with Crippen LogP contribution in [0.4, 0.5) is 0 Å². The molecule has 84 valence electrons. The third kappa shape index (κ3) is 1.80. The molecule has 16 heavy (non-hydrogen) atoms. The lowest BCUT2D eigenvalue weighted by Gasteiger charge is -2.12. The van der Waals surface area contributed by atoms with Gasteiger partial charge >= 0.3 is 0 Å². The van der Waals surface area contributed by atoms with Crippen LogP contribution in [0, 0.1) is 0 Å². The quantitative estimate of drug-likeness (QED) is 0.758. The van der Waals surface area contributed by atoms with Gasteiger partial charge in [0, 0.05) is 5.39 Å². The second kappa shape index (κ2) is 4.20. The van der Waals surface area contributed by atoms with E-state index < -0.39 is 0 Å². The molecule has 0 aliphatic heterocycles. The van der Waals surface area contributed by atoms with Crippen LogP contribution in [-0.4, -0.2) is 10.2 Å². The van der Waals surface area contributed by atoms with Crippen molar-refractivity contribution in [2.45, 2.75) is 39.5 Å². The van der Waals surface area contributed by atoms with Gasteiger partial charge in [-0.2, -0.15) is 10.2 Å². The highest BCUT2D eigenvalue weighted by Crippen LogP contribution is 2.28. The van der Waals surface area contributed by atoms with E-state index in [1.165, 1.54) is 16.5 Å². The number of rotatable bonds is 2. The van der Waals surface area contributed by atoms with Crippen LogP contribution in [0.5, 0.6) is 0 Å². The van der Waals surface area contributed by atoms with Gasteiger partial charge in [-0.3, -0.25) is 0 Å². The maximum absolute atomic E-state index is 4.30. The summed E-state index contributed by atoms with van der Waals surface area (Å²) in [6.07, 6.45) is 1.89. The van der Waals surface area contributed by atoms with Gasteiger partial charge in [0.1, 0.15) is 0 Å². The average Bonchev–Trinajstić information content (AvgIpc) is 2.27. The van der Waals surface area contributed by atoms with Crippen LogP contribution >= 0.6 is 0 Å². The molecule has 0 amide bonds. The first-order valence-corrected chi connectivity index (χ1v) is 5.85. The monoisotopic (exact) mass is 214 g/mol. The number of hydrogen-bond donors (Lipinski definition) is 0. The lowest BCUT2D eigenvalue weighted by molar-refractivity contribution is 0.845. The van der Waals surface area contributed by atoms with Crippen LogP contribution in [0.1, 0.15) is 50.7 Å². The fourth-order valence-electron chi connectivity index (χ4n) is 2.05. The normalized spacial score (nSPS) is 11.6. The van der Waals surface area contributed by atoms with Crippen molar-refractivity contribution in [1.82, 2.24) is 10.2 Å². The Bertz CT molecular complexity index is 454. The first-order valence-electron chi connectivity index (χ1n) is 5.85. The molecule has 2 rings (SSSR count). The highest BCUT2D eigenvalue weighted by molar-refractivity contribution is 5.85. The molecule has 0 radical (unpaired) electrons. The summed E-state index contributed by atoms with van der Waals surface area (Å²) < 4.78 is 0. The van der Waals surface area contributed by atoms with E-state index in [2.05, 4.69) is 56.1 Å². The van der Waals surface area contributed by atoms with E-state index in [0.29, 0.717) is 11.8 Å². The van der Waals surface area contributed by atoms with Crippen molar-refractivity contribution in [2.24, 2.45) is 0 Å². The number of hydrogen-bond acceptors (Lipinski definition) is 2. The maximum atomic E-state index is 4.30. The summed E-state index contributed by atoms with van der Waals surface area (Å²) in [5.74, 6) is 0.973. The molecule has 1 heterocycles. The Morgan fingerprint density at radius 2 is 1.62 bits per heavy atom. The topological polar surface area (TPSA) is 25.8 Å². The van der Waals surface area contributed by atoms with Crippen molar-refractivity contribution in [3.8, 4) is 0 Å². The molecule has 0 unspecified atom stereocenters. The lowest BCUT2D eigenvalue weighted by atomic mass is 9.95. The van der Waals surface area contributed by atoms with E-state index in [1.807, 2.05) is 6.20 Å². The summed E-state index contributed by atoms with van der Waals surface area (Å²) in [4.78, 5) is 0. The van der Waals surface area contributed by atoms with Gasteiger partial charge in [0.2, 0.25) is 0 Å². The molecule has 2 aromatic rings. The van der Waals surface area contributed by atoms with Crippen LogP contribution in [0.25, 0.3) is 10.9 Å². The van der Waals surface area contributed by atoms with Crippen molar-refractivity contribution in [2.75, 3.05) is 0 Å².